The van der Waals surface area contributed by atoms with Crippen LogP contribution in [0.5, 0.6) is 0 Å². The Morgan fingerprint density at radius 1 is 1.03 bits per heavy atom. The molecule has 2 heterocycles. The molecule has 0 spiro atoms. The maximum atomic E-state index is 13.3. The van der Waals surface area contributed by atoms with Crippen molar-refractivity contribution in [2.24, 2.45) is 0 Å². The zero-order valence-corrected chi connectivity index (χ0v) is 21.0. The summed E-state index contributed by atoms with van der Waals surface area (Å²) < 4.78 is 31.2. The van der Waals surface area contributed by atoms with Gasteiger partial charge in [-0.05, 0) is 50.6 Å². The number of sulfone groups is 1. The summed E-state index contributed by atoms with van der Waals surface area (Å²) >= 11 is 12.6. The lowest BCUT2D eigenvalue weighted by Crippen LogP contribution is -2.28. The van der Waals surface area contributed by atoms with Crippen molar-refractivity contribution in [2.45, 2.75) is 30.6 Å². The standard InChI is InChI=1S/C25H21Cl2N2O4S/c1-14(30)28-22-19-13-18(15-9-11-16(26)12-10-15)21(17-7-5-6-8-20(17)27)29-23(19)33-24(22)34(31,32)25(2,3)4/h5-13H,1H2,2-4H3,(H,28,30). The third kappa shape index (κ3) is 4.31. The van der Waals surface area contributed by atoms with Gasteiger partial charge in [0.05, 0.1) is 15.8 Å². The Kier molecular flexibility index (Phi) is 6.23. The van der Waals surface area contributed by atoms with E-state index in [0.717, 1.165) is 5.56 Å². The fourth-order valence-electron chi connectivity index (χ4n) is 3.44. The van der Waals surface area contributed by atoms with E-state index in [9.17, 15) is 13.2 Å². The Hall–Kier alpha value is -2.87. The Labute approximate surface area is 207 Å². The molecule has 0 unspecified atom stereocenters. The van der Waals surface area contributed by atoms with E-state index in [1.165, 1.54) is 0 Å². The number of halogens is 2. The number of nitrogens with zero attached hydrogens (tertiary/aromatic N) is 1. The Bertz CT molecular complexity index is 1520. The number of hydrogen-bond acceptors (Lipinski definition) is 5. The lowest BCUT2D eigenvalue weighted by atomic mass is 9.98. The van der Waals surface area contributed by atoms with Crippen molar-refractivity contribution in [2.75, 3.05) is 5.32 Å². The number of hydrogen-bond donors (Lipinski definition) is 1. The van der Waals surface area contributed by atoms with Gasteiger partial charge in [-0.3, -0.25) is 4.79 Å². The van der Waals surface area contributed by atoms with E-state index in [1.807, 2.05) is 24.3 Å². The molecule has 2 aromatic heterocycles. The predicted molar refractivity (Wildman–Crippen MR) is 136 cm³/mol. The van der Waals surface area contributed by atoms with Gasteiger partial charge in [0.2, 0.25) is 26.6 Å². The van der Waals surface area contributed by atoms with Gasteiger partial charge >= 0.3 is 0 Å². The molecule has 34 heavy (non-hydrogen) atoms. The molecule has 0 aliphatic heterocycles. The molecule has 6 nitrogen and oxygen atoms in total. The molecule has 9 heteroatoms. The molecular weight excluding hydrogens is 495 g/mol. The summed E-state index contributed by atoms with van der Waals surface area (Å²) in [5.41, 5.74) is 2.58. The molecule has 175 valence electrons. The van der Waals surface area contributed by atoms with Crippen molar-refractivity contribution in [1.82, 2.24) is 4.98 Å². The van der Waals surface area contributed by atoms with E-state index >= 15 is 0 Å². The van der Waals surface area contributed by atoms with Crippen LogP contribution in [0.2, 0.25) is 10.0 Å². The maximum Gasteiger partial charge on any atom is 0.245 e. The van der Waals surface area contributed by atoms with Gasteiger partial charge in [-0.2, -0.15) is 0 Å². The second-order valence-electron chi connectivity index (χ2n) is 8.65. The Morgan fingerprint density at radius 2 is 1.68 bits per heavy atom. The Morgan fingerprint density at radius 3 is 2.26 bits per heavy atom. The smallest absolute Gasteiger partial charge is 0.245 e. The number of fused-ring (bicyclic) bond motifs is 1. The van der Waals surface area contributed by atoms with Crippen LogP contribution < -0.4 is 5.32 Å². The molecule has 4 aromatic rings. The van der Waals surface area contributed by atoms with Gasteiger partial charge in [0.1, 0.15) is 5.69 Å². The number of carbonyl (C=O) groups excluding carboxylic acids is 1. The number of amides is 1. The molecular formula is C25H21Cl2N2O4S. The monoisotopic (exact) mass is 515 g/mol. The molecule has 4 rings (SSSR count). The molecule has 0 aliphatic rings. The van der Waals surface area contributed by atoms with Crippen molar-refractivity contribution < 1.29 is 17.6 Å². The van der Waals surface area contributed by atoms with Gasteiger partial charge in [0, 0.05) is 28.1 Å². The first-order chi connectivity index (χ1) is 15.9. The topological polar surface area (TPSA) is 89.3 Å². The third-order valence-electron chi connectivity index (χ3n) is 5.25. The normalized spacial score (nSPS) is 12.2. The molecule has 0 saturated heterocycles. The van der Waals surface area contributed by atoms with Crippen LogP contribution in [0.4, 0.5) is 5.69 Å². The average Bonchev–Trinajstić information content (AvgIpc) is 3.10. The molecule has 2 aromatic carbocycles. The summed E-state index contributed by atoms with van der Waals surface area (Å²) in [5, 5.41) is 3.49. The quantitative estimate of drug-likeness (QED) is 0.322. The van der Waals surface area contributed by atoms with Gasteiger partial charge in [0.25, 0.3) is 0 Å². The second-order valence-corrected chi connectivity index (χ2v) is 12.1. The summed E-state index contributed by atoms with van der Waals surface area (Å²) in [6.45, 7) is 7.98. The van der Waals surface area contributed by atoms with Crippen LogP contribution in [0.25, 0.3) is 33.5 Å². The lowest BCUT2D eigenvalue weighted by Gasteiger charge is -2.18. The molecule has 1 N–H and O–H groups in total. The fourth-order valence-corrected chi connectivity index (χ4v) is 4.96. The zero-order chi connectivity index (χ0) is 24.8. The number of anilines is 1. The van der Waals surface area contributed by atoms with E-state index in [1.54, 1.807) is 51.1 Å². The van der Waals surface area contributed by atoms with Gasteiger partial charge in [-0.25, -0.2) is 13.4 Å². The largest absolute Gasteiger partial charge is 0.424 e. The number of pyridine rings is 1. The minimum absolute atomic E-state index is 0.00153. The van der Waals surface area contributed by atoms with Crippen molar-refractivity contribution in [3.63, 3.8) is 0 Å². The third-order valence-corrected chi connectivity index (χ3v) is 8.22. The van der Waals surface area contributed by atoms with Crippen LogP contribution in [-0.4, -0.2) is 24.1 Å². The van der Waals surface area contributed by atoms with E-state index in [0.29, 0.717) is 32.3 Å². The SMILES string of the molecule is [CH2]C(=O)Nc1c(S(=O)(=O)C(C)(C)C)oc2nc(-c3ccccc3Cl)c(-c3ccc(Cl)cc3)cc12. The highest BCUT2D eigenvalue weighted by atomic mass is 35.5. The van der Waals surface area contributed by atoms with Gasteiger partial charge in [-0.15, -0.1) is 0 Å². The van der Waals surface area contributed by atoms with Crippen LogP contribution in [0.1, 0.15) is 20.8 Å². The number of nitrogens with one attached hydrogen (secondary N) is 1. The number of carbonyl (C=O) groups is 1. The van der Waals surface area contributed by atoms with Crippen molar-refractivity contribution in [3.8, 4) is 22.4 Å². The number of rotatable bonds is 4. The Balaban J connectivity index is 2.12. The molecule has 1 amide bonds. The minimum Gasteiger partial charge on any atom is -0.424 e. The summed E-state index contributed by atoms with van der Waals surface area (Å²) in [7, 11) is -3.98. The van der Waals surface area contributed by atoms with E-state index < -0.39 is 20.5 Å². The maximum absolute atomic E-state index is 13.3. The number of aromatic nitrogens is 1. The van der Waals surface area contributed by atoms with Crippen molar-refractivity contribution in [3.05, 3.63) is 71.6 Å². The number of furan rings is 1. The van der Waals surface area contributed by atoms with Gasteiger partial charge < -0.3 is 9.73 Å². The first-order valence-corrected chi connectivity index (χ1v) is 12.5. The average molecular weight is 516 g/mol. The molecule has 0 aliphatic carbocycles. The van der Waals surface area contributed by atoms with Crippen LogP contribution in [-0.2, 0) is 14.6 Å². The summed E-state index contributed by atoms with van der Waals surface area (Å²) in [5.74, 6) is -0.684. The summed E-state index contributed by atoms with van der Waals surface area (Å²) in [6.07, 6.45) is 0. The van der Waals surface area contributed by atoms with Gasteiger partial charge in [0.15, 0.2) is 0 Å². The second kappa shape index (κ2) is 8.73. The molecule has 0 saturated carbocycles. The van der Waals surface area contributed by atoms with Crippen molar-refractivity contribution in [1.29, 1.82) is 0 Å². The molecule has 0 atom stereocenters. The van der Waals surface area contributed by atoms with E-state index in [4.69, 9.17) is 27.6 Å². The first kappa shape index (κ1) is 24.3. The fraction of sp³-hybridized carbons (Fsp3) is 0.160. The minimum atomic E-state index is -3.98. The molecule has 0 fully saturated rings. The van der Waals surface area contributed by atoms with Crippen LogP contribution in [0.15, 0.2) is 64.1 Å². The predicted octanol–water partition coefficient (Wildman–Crippen LogP) is 6.81. The summed E-state index contributed by atoms with van der Waals surface area (Å²) in [6, 6.07) is 16.0. The van der Waals surface area contributed by atoms with Crippen LogP contribution in [0, 0.1) is 6.92 Å². The highest BCUT2D eigenvalue weighted by Gasteiger charge is 2.38. The molecule has 1 radical (unpaired) electrons. The van der Waals surface area contributed by atoms with Crippen LogP contribution >= 0.6 is 23.2 Å². The summed E-state index contributed by atoms with van der Waals surface area (Å²) in [4.78, 5) is 16.6. The highest BCUT2D eigenvalue weighted by molar-refractivity contribution is 7.92. The zero-order valence-electron chi connectivity index (χ0n) is 18.6. The first-order valence-electron chi connectivity index (χ1n) is 10.3. The highest BCUT2D eigenvalue weighted by Crippen LogP contribution is 2.43. The molecule has 0 bridgehead atoms. The van der Waals surface area contributed by atoms with Gasteiger partial charge in [-0.1, -0.05) is 53.5 Å². The lowest BCUT2D eigenvalue weighted by molar-refractivity contribution is -0.112. The van der Waals surface area contributed by atoms with Crippen LogP contribution in [0.3, 0.4) is 0 Å². The van der Waals surface area contributed by atoms with E-state index in [2.05, 4.69) is 17.2 Å². The van der Waals surface area contributed by atoms with E-state index in [-0.39, 0.29) is 16.5 Å². The number of benzene rings is 2. The van der Waals surface area contributed by atoms with Crippen molar-refractivity contribution >= 4 is 55.7 Å².